The van der Waals surface area contributed by atoms with Crippen molar-refractivity contribution >= 4 is 5.91 Å². The molecule has 4 heteroatoms. The van der Waals surface area contributed by atoms with E-state index in [9.17, 15) is 4.79 Å². The number of methoxy groups -OCH3 is 1. The Kier molecular flexibility index (Phi) is 3.07. The second kappa shape index (κ2) is 4.37. The monoisotopic (exact) mass is 235 g/mol. The van der Waals surface area contributed by atoms with E-state index in [0.717, 1.165) is 11.3 Å². The quantitative estimate of drug-likeness (QED) is 0.866. The fourth-order valence-corrected chi connectivity index (χ4v) is 2.36. The van der Waals surface area contributed by atoms with Gasteiger partial charge in [0, 0.05) is 26.1 Å². The van der Waals surface area contributed by atoms with Gasteiger partial charge < -0.3 is 14.8 Å². The van der Waals surface area contributed by atoms with Gasteiger partial charge in [-0.25, -0.2) is 0 Å². The summed E-state index contributed by atoms with van der Waals surface area (Å²) in [6.07, 6.45) is 0.607. The number of amides is 1. The van der Waals surface area contributed by atoms with Crippen molar-refractivity contribution in [3.63, 3.8) is 0 Å². The molecule has 2 rings (SSSR count). The third kappa shape index (κ3) is 1.69. The van der Waals surface area contributed by atoms with Crippen LogP contribution in [0.5, 0.6) is 5.75 Å². The molecule has 0 bridgehead atoms. The molecule has 17 heavy (non-hydrogen) atoms. The van der Waals surface area contributed by atoms with Crippen molar-refractivity contribution in [2.45, 2.75) is 25.0 Å². The highest BCUT2D eigenvalue weighted by Crippen LogP contribution is 2.46. The number of para-hydroxylation sites is 1. The lowest BCUT2D eigenvalue weighted by molar-refractivity contribution is -0.175. The fourth-order valence-electron chi connectivity index (χ4n) is 2.36. The van der Waals surface area contributed by atoms with Crippen molar-refractivity contribution in [3.8, 4) is 5.75 Å². The summed E-state index contributed by atoms with van der Waals surface area (Å²) in [6.45, 7) is 1.95. The fraction of sp³-hybridized carbons (Fsp3) is 0.462. The smallest absolute Gasteiger partial charge is 0.234 e. The second-order valence-corrected chi connectivity index (χ2v) is 4.06. The van der Waals surface area contributed by atoms with Gasteiger partial charge in [-0.1, -0.05) is 25.1 Å². The van der Waals surface area contributed by atoms with Crippen LogP contribution in [0.1, 0.15) is 24.8 Å². The first kappa shape index (κ1) is 11.9. The maximum Gasteiger partial charge on any atom is 0.234 e. The predicted molar refractivity (Wildman–Crippen MR) is 63.9 cm³/mol. The average molecular weight is 235 g/mol. The first-order chi connectivity index (χ1) is 8.18. The van der Waals surface area contributed by atoms with Crippen LogP contribution in [0.25, 0.3) is 0 Å². The van der Waals surface area contributed by atoms with Gasteiger partial charge in [0.15, 0.2) is 0 Å². The van der Waals surface area contributed by atoms with E-state index in [2.05, 4.69) is 5.32 Å². The van der Waals surface area contributed by atoms with Crippen molar-refractivity contribution in [2.24, 2.45) is 0 Å². The summed E-state index contributed by atoms with van der Waals surface area (Å²) < 4.78 is 11.3. The Morgan fingerprint density at radius 3 is 2.82 bits per heavy atom. The van der Waals surface area contributed by atoms with E-state index >= 15 is 0 Å². The number of benzene rings is 1. The zero-order chi connectivity index (χ0) is 12.5. The SMILES string of the molecule is CCC1(OC)Oc2ccccc2C1C(=O)NC. The van der Waals surface area contributed by atoms with Gasteiger partial charge in [-0.2, -0.15) is 0 Å². The summed E-state index contributed by atoms with van der Waals surface area (Å²) >= 11 is 0. The van der Waals surface area contributed by atoms with Gasteiger partial charge in [-0.05, 0) is 6.07 Å². The van der Waals surface area contributed by atoms with E-state index in [1.54, 1.807) is 14.2 Å². The molecule has 4 nitrogen and oxygen atoms in total. The van der Waals surface area contributed by atoms with Gasteiger partial charge in [0.25, 0.3) is 0 Å². The minimum absolute atomic E-state index is 0.0846. The number of likely N-dealkylation sites (N-methyl/N-ethyl adjacent to an activating group) is 1. The molecule has 2 unspecified atom stereocenters. The minimum atomic E-state index is -0.885. The molecule has 1 aliphatic heterocycles. The van der Waals surface area contributed by atoms with Crippen LogP contribution in [0.3, 0.4) is 0 Å². The van der Waals surface area contributed by atoms with Crippen LogP contribution in [0, 0.1) is 0 Å². The molecule has 92 valence electrons. The maximum atomic E-state index is 12.0. The molecule has 0 spiro atoms. The molecule has 1 amide bonds. The third-order valence-electron chi connectivity index (χ3n) is 3.30. The van der Waals surface area contributed by atoms with E-state index in [0.29, 0.717) is 6.42 Å². The van der Waals surface area contributed by atoms with Crippen molar-refractivity contribution in [1.82, 2.24) is 5.32 Å². The van der Waals surface area contributed by atoms with Crippen LogP contribution in [0.15, 0.2) is 24.3 Å². The minimum Gasteiger partial charge on any atom is -0.461 e. The van der Waals surface area contributed by atoms with Gasteiger partial charge >= 0.3 is 0 Å². The van der Waals surface area contributed by atoms with Crippen molar-refractivity contribution < 1.29 is 14.3 Å². The van der Waals surface area contributed by atoms with Crippen LogP contribution in [-0.4, -0.2) is 25.9 Å². The van der Waals surface area contributed by atoms with Crippen LogP contribution in [0.2, 0.25) is 0 Å². The van der Waals surface area contributed by atoms with Gasteiger partial charge in [0.2, 0.25) is 11.7 Å². The lowest BCUT2D eigenvalue weighted by Crippen LogP contribution is -2.45. The van der Waals surface area contributed by atoms with E-state index in [1.807, 2.05) is 31.2 Å². The number of carbonyl (C=O) groups excluding carboxylic acids is 1. The van der Waals surface area contributed by atoms with Crippen LogP contribution in [-0.2, 0) is 9.53 Å². The molecule has 1 aromatic carbocycles. The Morgan fingerprint density at radius 1 is 1.53 bits per heavy atom. The molecule has 1 aromatic rings. The lowest BCUT2D eigenvalue weighted by Gasteiger charge is -2.30. The molecular formula is C13H17NO3. The number of nitrogens with one attached hydrogen (secondary N) is 1. The number of rotatable bonds is 3. The molecule has 0 saturated heterocycles. The summed E-state index contributed by atoms with van der Waals surface area (Å²) in [5, 5.41) is 2.67. The first-order valence-corrected chi connectivity index (χ1v) is 5.73. The highest BCUT2D eigenvalue weighted by molar-refractivity contribution is 5.86. The van der Waals surface area contributed by atoms with Gasteiger partial charge in [-0.3, -0.25) is 4.79 Å². The molecule has 1 aliphatic rings. The van der Waals surface area contributed by atoms with Gasteiger partial charge in [0.1, 0.15) is 11.7 Å². The molecule has 0 aromatic heterocycles. The summed E-state index contributed by atoms with van der Waals surface area (Å²) in [7, 11) is 3.20. The molecule has 0 fully saturated rings. The van der Waals surface area contributed by atoms with Gasteiger partial charge in [0.05, 0.1) is 0 Å². The normalized spacial score (nSPS) is 26.2. The van der Waals surface area contributed by atoms with Crippen molar-refractivity contribution in [3.05, 3.63) is 29.8 Å². The molecule has 1 N–H and O–H groups in total. The Hall–Kier alpha value is -1.55. The van der Waals surface area contributed by atoms with Crippen LogP contribution < -0.4 is 10.1 Å². The maximum absolute atomic E-state index is 12.0. The summed E-state index contributed by atoms with van der Waals surface area (Å²) in [4.78, 5) is 12.0. The molecule has 0 saturated carbocycles. The largest absolute Gasteiger partial charge is 0.461 e. The standard InChI is InChI=1S/C13H17NO3/c1-4-13(16-3)11(12(15)14-2)9-7-5-6-8-10(9)17-13/h5-8,11H,4H2,1-3H3,(H,14,15). The van der Waals surface area contributed by atoms with Crippen molar-refractivity contribution in [2.75, 3.05) is 14.2 Å². The third-order valence-corrected chi connectivity index (χ3v) is 3.30. The number of fused-ring (bicyclic) bond motifs is 1. The Labute approximate surface area is 101 Å². The van der Waals surface area contributed by atoms with Crippen LogP contribution in [0.4, 0.5) is 0 Å². The zero-order valence-electron chi connectivity index (χ0n) is 10.3. The zero-order valence-corrected chi connectivity index (χ0v) is 10.3. The number of hydrogen-bond acceptors (Lipinski definition) is 3. The molecule has 0 radical (unpaired) electrons. The first-order valence-electron chi connectivity index (χ1n) is 5.73. The lowest BCUT2D eigenvalue weighted by atomic mass is 9.90. The molecular weight excluding hydrogens is 218 g/mol. The van der Waals surface area contributed by atoms with E-state index in [1.165, 1.54) is 0 Å². The highest BCUT2D eigenvalue weighted by Gasteiger charge is 2.51. The van der Waals surface area contributed by atoms with E-state index in [-0.39, 0.29) is 5.91 Å². The number of ether oxygens (including phenoxy) is 2. The Bertz CT molecular complexity index is 426. The predicted octanol–water partition coefficient (Wildman–Crippen LogP) is 1.66. The summed E-state index contributed by atoms with van der Waals surface area (Å²) in [5.74, 6) is -0.661. The molecule has 0 aliphatic carbocycles. The Balaban J connectivity index is 2.50. The number of carbonyl (C=O) groups is 1. The topological polar surface area (TPSA) is 47.6 Å². The Morgan fingerprint density at radius 2 is 2.24 bits per heavy atom. The second-order valence-electron chi connectivity index (χ2n) is 4.06. The highest BCUT2D eigenvalue weighted by atomic mass is 16.7. The summed E-state index contributed by atoms with van der Waals surface area (Å²) in [5.41, 5.74) is 0.885. The average Bonchev–Trinajstić information content (AvgIpc) is 2.72. The van der Waals surface area contributed by atoms with Crippen LogP contribution >= 0.6 is 0 Å². The van der Waals surface area contributed by atoms with Gasteiger partial charge in [-0.15, -0.1) is 0 Å². The number of hydrogen-bond donors (Lipinski definition) is 1. The van der Waals surface area contributed by atoms with E-state index < -0.39 is 11.7 Å². The molecule has 2 atom stereocenters. The summed E-state index contributed by atoms with van der Waals surface area (Å²) in [6, 6.07) is 7.56. The van der Waals surface area contributed by atoms with Crippen molar-refractivity contribution in [1.29, 1.82) is 0 Å². The van der Waals surface area contributed by atoms with E-state index in [4.69, 9.17) is 9.47 Å². The molecule has 1 heterocycles.